The molecule has 0 radical (unpaired) electrons. The molecule has 2 aliphatic heterocycles. The summed E-state index contributed by atoms with van der Waals surface area (Å²) >= 11 is 0. The van der Waals surface area contributed by atoms with Crippen LogP contribution in [-0.4, -0.2) is 55.0 Å². The number of anilines is 2. The molecule has 2 N–H and O–H groups in total. The van der Waals surface area contributed by atoms with Crippen molar-refractivity contribution >= 4 is 42.1 Å². The van der Waals surface area contributed by atoms with Crippen LogP contribution >= 0.6 is 24.8 Å². The van der Waals surface area contributed by atoms with Crippen molar-refractivity contribution in [3.63, 3.8) is 0 Å². The molecule has 0 unspecified atom stereocenters. The number of benzene rings is 2. The fraction of sp³-hybridized carbons (Fsp3) is 0.435. The van der Waals surface area contributed by atoms with Crippen LogP contribution in [0.1, 0.15) is 23.1 Å². The molecule has 0 saturated carbocycles. The molecule has 2 aromatic rings. The summed E-state index contributed by atoms with van der Waals surface area (Å²) in [7, 11) is 0. The number of piperazine rings is 1. The first-order valence-electron chi connectivity index (χ1n) is 10.3. The van der Waals surface area contributed by atoms with Gasteiger partial charge in [-0.3, -0.25) is 9.69 Å². The van der Waals surface area contributed by atoms with E-state index in [0.29, 0.717) is 6.54 Å². The zero-order valence-electron chi connectivity index (χ0n) is 17.5. The van der Waals surface area contributed by atoms with E-state index in [9.17, 15) is 4.79 Å². The van der Waals surface area contributed by atoms with E-state index in [4.69, 9.17) is 5.73 Å². The molecule has 0 aromatic heterocycles. The van der Waals surface area contributed by atoms with Gasteiger partial charge in [0, 0.05) is 50.6 Å². The van der Waals surface area contributed by atoms with E-state index in [1.165, 1.54) is 16.7 Å². The molecular formula is C23H32Cl2N4O. The molecule has 0 bridgehead atoms. The molecule has 2 aromatic carbocycles. The highest BCUT2D eigenvalue weighted by Crippen LogP contribution is 2.31. The van der Waals surface area contributed by atoms with Crippen molar-refractivity contribution in [2.45, 2.75) is 26.3 Å². The predicted molar refractivity (Wildman–Crippen MR) is 129 cm³/mol. The molecule has 2 aliphatic rings. The van der Waals surface area contributed by atoms with Crippen molar-refractivity contribution in [3.05, 3.63) is 59.2 Å². The monoisotopic (exact) mass is 450 g/mol. The lowest BCUT2D eigenvalue weighted by Crippen LogP contribution is -2.51. The van der Waals surface area contributed by atoms with Crippen LogP contribution in [0.25, 0.3) is 0 Å². The Morgan fingerprint density at radius 3 is 2.47 bits per heavy atom. The summed E-state index contributed by atoms with van der Waals surface area (Å²) in [6.45, 7) is 7.95. The fourth-order valence-corrected chi connectivity index (χ4v) is 4.38. The van der Waals surface area contributed by atoms with E-state index in [2.05, 4.69) is 47.1 Å². The molecule has 0 spiro atoms. The number of amides is 1. The smallest absolute Gasteiger partial charge is 0.242 e. The maximum Gasteiger partial charge on any atom is 0.242 e. The van der Waals surface area contributed by atoms with E-state index in [0.717, 1.165) is 63.5 Å². The highest BCUT2D eigenvalue weighted by Gasteiger charge is 2.25. The second-order valence-electron chi connectivity index (χ2n) is 8.02. The quantitative estimate of drug-likeness (QED) is 0.723. The molecule has 0 aliphatic carbocycles. The molecule has 7 heteroatoms. The van der Waals surface area contributed by atoms with Crippen LogP contribution in [0.2, 0.25) is 0 Å². The minimum absolute atomic E-state index is 0. The van der Waals surface area contributed by atoms with Crippen LogP contribution in [0, 0.1) is 6.92 Å². The van der Waals surface area contributed by atoms with Crippen LogP contribution < -0.4 is 10.6 Å². The van der Waals surface area contributed by atoms with Crippen LogP contribution in [0.5, 0.6) is 0 Å². The van der Waals surface area contributed by atoms with Gasteiger partial charge in [-0.15, -0.1) is 24.8 Å². The Morgan fingerprint density at radius 2 is 1.73 bits per heavy atom. The fourth-order valence-electron chi connectivity index (χ4n) is 4.38. The minimum Gasteiger partial charge on any atom is -0.398 e. The summed E-state index contributed by atoms with van der Waals surface area (Å²) in [4.78, 5) is 19.6. The number of halogens is 2. The molecular weight excluding hydrogens is 419 g/mol. The van der Waals surface area contributed by atoms with Crippen LogP contribution in [0.15, 0.2) is 42.5 Å². The SMILES string of the molecule is Cc1cccc(CN2CCN(C(=O)CN3CCCc4c(N)cccc43)CC2)c1.Cl.Cl. The number of hydrogen-bond acceptors (Lipinski definition) is 4. The Morgan fingerprint density at radius 1 is 1.00 bits per heavy atom. The van der Waals surface area contributed by atoms with Crippen molar-refractivity contribution in [1.82, 2.24) is 9.80 Å². The number of nitrogens with two attached hydrogens (primary N) is 1. The second-order valence-corrected chi connectivity index (χ2v) is 8.02. The number of nitrogen functional groups attached to an aromatic ring is 1. The molecule has 30 heavy (non-hydrogen) atoms. The van der Waals surface area contributed by atoms with Gasteiger partial charge in [-0.25, -0.2) is 0 Å². The van der Waals surface area contributed by atoms with Gasteiger partial charge in [0.25, 0.3) is 0 Å². The van der Waals surface area contributed by atoms with Crippen molar-refractivity contribution in [3.8, 4) is 0 Å². The van der Waals surface area contributed by atoms with Crippen molar-refractivity contribution in [2.24, 2.45) is 0 Å². The zero-order valence-corrected chi connectivity index (χ0v) is 19.2. The van der Waals surface area contributed by atoms with Gasteiger partial charge in [0.05, 0.1) is 6.54 Å². The molecule has 164 valence electrons. The summed E-state index contributed by atoms with van der Waals surface area (Å²) < 4.78 is 0. The Labute approximate surface area is 192 Å². The molecule has 1 amide bonds. The minimum atomic E-state index is 0. The van der Waals surface area contributed by atoms with Gasteiger partial charge in [-0.05, 0) is 43.0 Å². The number of fused-ring (bicyclic) bond motifs is 1. The van der Waals surface area contributed by atoms with Gasteiger partial charge >= 0.3 is 0 Å². The molecule has 0 atom stereocenters. The van der Waals surface area contributed by atoms with Gasteiger partial charge in [-0.2, -0.15) is 0 Å². The Kier molecular flexibility index (Phi) is 8.83. The summed E-state index contributed by atoms with van der Waals surface area (Å²) in [6.07, 6.45) is 2.06. The van der Waals surface area contributed by atoms with Gasteiger partial charge in [0.1, 0.15) is 0 Å². The standard InChI is InChI=1S/C23H30N4O.2ClH/c1-18-5-2-6-19(15-18)16-25-11-13-26(14-12-25)23(28)17-27-10-4-7-20-21(24)8-3-9-22(20)27;;/h2-3,5-6,8-9,15H,4,7,10-14,16-17,24H2,1H3;2*1H. The first-order chi connectivity index (χ1) is 13.6. The highest BCUT2D eigenvalue weighted by molar-refractivity contribution is 5.85. The Balaban J connectivity index is 0.00000160. The molecule has 1 saturated heterocycles. The number of rotatable bonds is 4. The van der Waals surface area contributed by atoms with Crippen molar-refractivity contribution in [2.75, 3.05) is 49.9 Å². The number of carbonyl (C=O) groups excluding carboxylic acids is 1. The summed E-state index contributed by atoms with van der Waals surface area (Å²) in [5.74, 6) is 0.227. The Hall–Kier alpha value is -1.95. The van der Waals surface area contributed by atoms with Gasteiger partial charge in [0.2, 0.25) is 5.91 Å². The summed E-state index contributed by atoms with van der Waals surface area (Å²) in [5.41, 5.74) is 12.0. The van der Waals surface area contributed by atoms with E-state index in [1.807, 2.05) is 17.0 Å². The molecule has 4 rings (SSSR count). The third kappa shape index (κ3) is 5.60. The normalized spacial score (nSPS) is 16.3. The maximum atomic E-state index is 12.9. The van der Waals surface area contributed by atoms with Crippen molar-refractivity contribution < 1.29 is 4.79 Å². The maximum absolute atomic E-state index is 12.9. The third-order valence-corrected chi connectivity index (χ3v) is 5.92. The number of hydrogen-bond donors (Lipinski definition) is 1. The lowest BCUT2D eigenvalue weighted by Gasteiger charge is -2.37. The van der Waals surface area contributed by atoms with E-state index >= 15 is 0 Å². The van der Waals surface area contributed by atoms with Gasteiger partial charge < -0.3 is 15.5 Å². The molecule has 1 fully saturated rings. The summed E-state index contributed by atoms with van der Waals surface area (Å²) in [5, 5.41) is 0. The Bertz CT molecular complexity index is 853. The average Bonchev–Trinajstić information content (AvgIpc) is 2.69. The van der Waals surface area contributed by atoms with E-state index in [-0.39, 0.29) is 30.7 Å². The van der Waals surface area contributed by atoms with Crippen LogP contribution in [-0.2, 0) is 17.8 Å². The van der Waals surface area contributed by atoms with Crippen LogP contribution in [0.3, 0.4) is 0 Å². The van der Waals surface area contributed by atoms with Crippen LogP contribution in [0.4, 0.5) is 11.4 Å². The van der Waals surface area contributed by atoms with Crippen molar-refractivity contribution in [1.29, 1.82) is 0 Å². The first kappa shape index (κ1) is 24.3. The first-order valence-corrected chi connectivity index (χ1v) is 10.3. The van der Waals surface area contributed by atoms with Gasteiger partial charge in [-0.1, -0.05) is 35.9 Å². The number of nitrogens with zero attached hydrogens (tertiary/aromatic N) is 3. The second kappa shape index (κ2) is 10.9. The molecule has 2 heterocycles. The average molecular weight is 451 g/mol. The van der Waals surface area contributed by atoms with Gasteiger partial charge in [0.15, 0.2) is 0 Å². The molecule has 5 nitrogen and oxygen atoms in total. The van der Waals surface area contributed by atoms with E-state index in [1.54, 1.807) is 0 Å². The third-order valence-electron chi connectivity index (χ3n) is 5.92. The highest BCUT2D eigenvalue weighted by atomic mass is 35.5. The number of aryl methyl sites for hydroxylation is 1. The topological polar surface area (TPSA) is 52.8 Å². The zero-order chi connectivity index (χ0) is 19.5. The largest absolute Gasteiger partial charge is 0.398 e. The summed E-state index contributed by atoms with van der Waals surface area (Å²) in [6, 6.07) is 14.7. The lowest BCUT2D eigenvalue weighted by molar-refractivity contribution is -0.131. The number of carbonyl (C=O) groups is 1. The van der Waals surface area contributed by atoms with E-state index < -0.39 is 0 Å². The predicted octanol–water partition coefficient (Wildman–Crippen LogP) is 3.52. The lowest BCUT2D eigenvalue weighted by atomic mass is 10.00.